The Morgan fingerprint density at radius 1 is 1.00 bits per heavy atom. The molecule has 2 heterocycles. The lowest BCUT2D eigenvalue weighted by Crippen LogP contribution is -2.57. The summed E-state index contributed by atoms with van der Waals surface area (Å²) in [5.41, 5.74) is 0.763. The van der Waals surface area contributed by atoms with E-state index in [0.29, 0.717) is 5.92 Å². The van der Waals surface area contributed by atoms with Crippen LogP contribution in [-0.4, -0.2) is 79.0 Å². The zero-order valence-corrected chi connectivity index (χ0v) is 22.5. The number of nitrogens with zero attached hydrogens (tertiary/aromatic N) is 3. The van der Waals surface area contributed by atoms with Crippen LogP contribution < -0.4 is 5.32 Å². The predicted octanol–water partition coefficient (Wildman–Crippen LogP) is 4.69. The SMILES string of the molecule is CN1CCN(C(CN2CCC(C(=O)NC(C)(C)C)(C3CCCCC3)CC2)c2ccc(F)cc2)CC1. The van der Waals surface area contributed by atoms with Crippen molar-refractivity contribution in [1.29, 1.82) is 0 Å². The van der Waals surface area contributed by atoms with Gasteiger partial charge < -0.3 is 15.1 Å². The Morgan fingerprint density at radius 2 is 1.60 bits per heavy atom. The number of amides is 1. The van der Waals surface area contributed by atoms with Crippen LogP contribution >= 0.6 is 0 Å². The van der Waals surface area contributed by atoms with Gasteiger partial charge in [0.15, 0.2) is 0 Å². The maximum atomic E-state index is 13.7. The molecule has 196 valence electrons. The number of carbonyl (C=O) groups is 1. The molecule has 2 aliphatic heterocycles. The average molecular weight is 487 g/mol. The topological polar surface area (TPSA) is 38.8 Å². The van der Waals surface area contributed by atoms with Crippen LogP contribution in [0.15, 0.2) is 24.3 Å². The van der Waals surface area contributed by atoms with Crippen molar-refractivity contribution in [2.75, 3.05) is 52.9 Å². The number of nitrogens with one attached hydrogen (secondary N) is 1. The van der Waals surface area contributed by atoms with E-state index in [2.05, 4.69) is 47.8 Å². The number of halogens is 1. The molecule has 3 aliphatic rings. The molecule has 0 aromatic heterocycles. The number of likely N-dealkylation sites (N-methyl/N-ethyl adjacent to an activating group) is 1. The van der Waals surface area contributed by atoms with Gasteiger partial charge in [0.25, 0.3) is 0 Å². The molecule has 1 aromatic rings. The second-order valence-corrected chi connectivity index (χ2v) is 12.4. The lowest BCUT2D eigenvalue weighted by Gasteiger charge is -2.49. The van der Waals surface area contributed by atoms with Crippen molar-refractivity contribution < 1.29 is 9.18 Å². The minimum atomic E-state index is -0.233. The zero-order valence-electron chi connectivity index (χ0n) is 22.5. The quantitative estimate of drug-likeness (QED) is 0.633. The van der Waals surface area contributed by atoms with E-state index in [0.717, 1.165) is 58.7 Å². The highest BCUT2D eigenvalue weighted by Crippen LogP contribution is 2.46. The van der Waals surface area contributed by atoms with Crippen LogP contribution in [0.2, 0.25) is 0 Å². The van der Waals surface area contributed by atoms with Crippen LogP contribution in [0.5, 0.6) is 0 Å². The summed E-state index contributed by atoms with van der Waals surface area (Å²) < 4.78 is 13.7. The van der Waals surface area contributed by atoms with E-state index >= 15 is 0 Å². The molecule has 35 heavy (non-hydrogen) atoms. The molecule has 0 spiro atoms. The number of piperidine rings is 1. The minimum Gasteiger partial charge on any atom is -0.351 e. The molecule has 1 aromatic carbocycles. The van der Waals surface area contributed by atoms with E-state index in [1.165, 1.54) is 37.7 Å². The lowest BCUT2D eigenvalue weighted by molar-refractivity contribution is -0.141. The molecule has 4 rings (SSSR count). The molecule has 6 heteroatoms. The van der Waals surface area contributed by atoms with Gasteiger partial charge in [0.2, 0.25) is 5.91 Å². The second-order valence-electron chi connectivity index (χ2n) is 12.4. The van der Waals surface area contributed by atoms with E-state index in [1.807, 2.05) is 12.1 Å². The molecule has 0 bridgehead atoms. The fourth-order valence-electron chi connectivity index (χ4n) is 6.57. The number of benzene rings is 1. The molecule has 1 N–H and O–H groups in total. The highest BCUT2D eigenvalue weighted by Gasteiger charge is 2.48. The summed E-state index contributed by atoms with van der Waals surface area (Å²) in [7, 11) is 2.18. The molecule has 3 fully saturated rings. The molecule has 1 aliphatic carbocycles. The first kappa shape index (κ1) is 26.6. The van der Waals surface area contributed by atoms with Crippen molar-refractivity contribution in [2.24, 2.45) is 11.3 Å². The van der Waals surface area contributed by atoms with Crippen molar-refractivity contribution >= 4 is 5.91 Å². The Morgan fingerprint density at radius 3 is 2.17 bits per heavy atom. The Kier molecular flexibility index (Phi) is 8.55. The molecule has 0 radical (unpaired) electrons. The molecule has 1 saturated carbocycles. The van der Waals surface area contributed by atoms with Crippen molar-refractivity contribution in [3.05, 3.63) is 35.6 Å². The fourth-order valence-corrected chi connectivity index (χ4v) is 6.57. The summed E-state index contributed by atoms with van der Waals surface area (Å²) >= 11 is 0. The van der Waals surface area contributed by atoms with Gasteiger partial charge in [0.1, 0.15) is 5.82 Å². The van der Waals surface area contributed by atoms with Crippen LogP contribution in [0.3, 0.4) is 0 Å². The van der Waals surface area contributed by atoms with E-state index < -0.39 is 0 Å². The van der Waals surface area contributed by atoms with Gasteiger partial charge >= 0.3 is 0 Å². The lowest BCUT2D eigenvalue weighted by atomic mass is 9.63. The Bertz CT molecular complexity index is 814. The standard InChI is InChI=1S/C29H47FN4O/c1-28(2,3)31-27(35)29(24-8-6-5-7-9-24)14-16-33(17-15-29)22-26(23-10-12-25(30)13-11-23)34-20-18-32(4)19-21-34/h10-13,24,26H,5-9,14-22H2,1-4H3,(H,31,35). The second kappa shape index (κ2) is 11.3. The maximum absolute atomic E-state index is 13.7. The van der Waals surface area contributed by atoms with Gasteiger partial charge in [-0.2, -0.15) is 0 Å². The Hall–Kier alpha value is -1.50. The molecule has 5 nitrogen and oxygen atoms in total. The summed E-state index contributed by atoms with van der Waals surface area (Å²) in [4.78, 5) is 21.2. The molecule has 1 unspecified atom stereocenters. The first-order valence-electron chi connectivity index (χ1n) is 13.9. The van der Waals surface area contributed by atoms with Crippen molar-refractivity contribution in [3.63, 3.8) is 0 Å². The number of piperazine rings is 1. The third-order valence-electron chi connectivity index (χ3n) is 8.74. The summed E-state index contributed by atoms with van der Waals surface area (Å²) in [6.45, 7) is 13.3. The van der Waals surface area contributed by atoms with E-state index in [9.17, 15) is 9.18 Å². The number of carbonyl (C=O) groups excluding carboxylic acids is 1. The van der Waals surface area contributed by atoms with Gasteiger partial charge in [-0.3, -0.25) is 9.69 Å². The van der Waals surface area contributed by atoms with E-state index in [1.54, 1.807) is 12.1 Å². The zero-order chi connectivity index (χ0) is 25.1. The van der Waals surface area contributed by atoms with Crippen LogP contribution in [0.1, 0.15) is 77.3 Å². The number of rotatable bonds is 6. The summed E-state index contributed by atoms with van der Waals surface area (Å²) in [6, 6.07) is 7.38. The molecule has 1 amide bonds. The van der Waals surface area contributed by atoms with Crippen LogP contribution in [0.4, 0.5) is 4.39 Å². The molecule has 1 atom stereocenters. The van der Waals surface area contributed by atoms with Crippen molar-refractivity contribution in [2.45, 2.75) is 77.3 Å². The first-order chi connectivity index (χ1) is 16.7. The van der Waals surface area contributed by atoms with Crippen LogP contribution in [0, 0.1) is 17.2 Å². The van der Waals surface area contributed by atoms with E-state index in [4.69, 9.17) is 0 Å². The molecular formula is C29H47FN4O. The smallest absolute Gasteiger partial charge is 0.226 e. The predicted molar refractivity (Wildman–Crippen MR) is 141 cm³/mol. The van der Waals surface area contributed by atoms with Gasteiger partial charge in [-0.05, 0) is 90.2 Å². The van der Waals surface area contributed by atoms with Gasteiger partial charge in [0, 0.05) is 44.3 Å². The van der Waals surface area contributed by atoms with Gasteiger partial charge in [-0.15, -0.1) is 0 Å². The van der Waals surface area contributed by atoms with Crippen LogP contribution in [-0.2, 0) is 4.79 Å². The first-order valence-corrected chi connectivity index (χ1v) is 13.9. The Balaban J connectivity index is 1.48. The van der Waals surface area contributed by atoms with Crippen LogP contribution in [0.25, 0.3) is 0 Å². The summed E-state index contributed by atoms with van der Waals surface area (Å²) in [6.07, 6.45) is 8.10. The highest BCUT2D eigenvalue weighted by molar-refractivity contribution is 5.83. The largest absolute Gasteiger partial charge is 0.351 e. The van der Waals surface area contributed by atoms with Gasteiger partial charge in [-0.25, -0.2) is 4.39 Å². The van der Waals surface area contributed by atoms with Gasteiger partial charge in [-0.1, -0.05) is 31.4 Å². The summed E-state index contributed by atoms with van der Waals surface area (Å²) in [5.74, 6) is 0.614. The monoisotopic (exact) mass is 486 g/mol. The number of hydrogen-bond donors (Lipinski definition) is 1. The Labute approximate surface area is 212 Å². The number of hydrogen-bond acceptors (Lipinski definition) is 4. The third kappa shape index (κ3) is 6.64. The maximum Gasteiger partial charge on any atom is 0.226 e. The minimum absolute atomic E-state index is 0.175. The average Bonchev–Trinajstić information content (AvgIpc) is 2.84. The normalized spacial score (nSPS) is 24.3. The molecular weight excluding hydrogens is 439 g/mol. The van der Waals surface area contributed by atoms with Gasteiger partial charge in [0.05, 0.1) is 5.41 Å². The number of likely N-dealkylation sites (tertiary alicyclic amines) is 1. The molecule has 2 saturated heterocycles. The van der Waals surface area contributed by atoms with Crippen molar-refractivity contribution in [3.8, 4) is 0 Å². The van der Waals surface area contributed by atoms with Crippen molar-refractivity contribution in [1.82, 2.24) is 20.0 Å². The van der Waals surface area contributed by atoms with E-state index in [-0.39, 0.29) is 28.7 Å². The highest BCUT2D eigenvalue weighted by atomic mass is 19.1. The third-order valence-corrected chi connectivity index (χ3v) is 8.74. The summed E-state index contributed by atoms with van der Waals surface area (Å²) in [5, 5.41) is 3.36. The fraction of sp³-hybridized carbons (Fsp3) is 0.759.